The molecule has 2 aromatic carbocycles. The molecule has 3 rings (SSSR count). The molecule has 0 aliphatic carbocycles. The van der Waals surface area contributed by atoms with Gasteiger partial charge in [-0.05, 0) is 61.5 Å². The number of hydrogen-bond acceptors (Lipinski definition) is 3. The number of anilines is 1. The van der Waals surface area contributed by atoms with Gasteiger partial charge in [0.1, 0.15) is 0 Å². The van der Waals surface area contributed by atoms with Gasteiger partial charge in [-0.1, -0.05) is 30.3 Å². The Balaban J connectivity index is 2.19. The Kier molecular flexibility index (Phi) is 3.96. The first-order valence-electron chi connectivity index (χ1n) is 7.43. The van der Waals surface area contributed by atoms with Crippen molar-refractivity contribution in [2.75, 3.05) is 11.4 Å². The van der Waals surface area contributed by atoms with Gasteiger partial charge in [-0.2, -0.15) is 0 Å². The number of aryl methyl sites for hydroxylation is 1. The van der Waals surface area contributed by atoms with E-state index in [2.05, 4.69) is 79.9 Å². The van der Waals surface area contributed by atoms with E-state index in [-0.39, 0.29) is 6.04 Å². The summed E-state index contributed by atoms with van der Waals surface area (Å²) >= 11 is 1.81. The van der Waals surface area contributed by atoms with Gasteiger partial charge >= 0.3 is 0 Å². The molecule has 1 N–H and O–H groups in total. The molecule has 1 aliphatic heterocycles. The van der Waals surface area contributed by atoms with E-state index in [1.54, 1.807) is 0 Å². The van der Waals surface area contributed by atoms with E-state index in [0.717, 1.165) is 0 Å². The zero-order chi connectivity index (χ0) is 15.0. The lowest BCUT2D eigenvalue weighted by molar-refractivity contribution is 0.525. The van der Waals surface area contributed by atoms with Crippen LogP contribution in [0.2, 0.25) is 0 Å². The van der Waals surface area contributed by atoms with Crippen LogP contribution >= 0.6 is 11.9 Å². The van der Waals surface area contributed by atoms with Gasteiger partial charge in [-0.25, -0.2) is 0 Å². The third-order valence-corrected chi connectivity index (χ3v) is 4.82. The van der Waals surface area contributed by atoms with E-state index in [0.29, 0.717) is 6.04 Å². The van der Waals surface area contributed by atoms with Gasteiger partial charge in [0, 0.05) is 18.0 Å². The Bertz CT molecular complexity index is 651. The van der Waals surface area contributed by atoms with E-state index in [4.69, 9.17) is 0 Å². The molecule has 0 saturated heterocycles. The molecule has 110 valence electrons. The number of nitrogens with one attached hydrogen (secondary N) is 1. The molecule has 1 aliphatic rings. The molecule has 2 aromatic rings. The highest BCUT2D eigenvalue weighted by molar-refractivity contribution is 8.00. The van der Waals surface area contributed by atoms with Crippen LogP contribution in [-0.2, 0) is 0 Å². The van der Waals surface area contributed by atoms with Crippen LogP contribution in [0.15, 0.2) is 47.4 Å². The van der Waals surface area contributed by atoms with Crippen LogP contribution in [0.4, 0.5) is 5.69 Å². The molecule has 3 heteroatoms. The van der Waals surface area contributed by atoms with Crippen molar-refractivity contribution >= 4 is 17.6 Å². The molecule has 2 nitrogen and oxygen atoms in total. The predicted molar refractivity (Wildman–Crippen MR) is 92.0 cm³/mol. The minimum absolute atomic E-state index is 0.245. The van der Waals surface area contributed by atoms with Crippen LogP contribution in [-0.4, -0.2) is 13.1 Å². The SMILES string of the molecule is Cc1ccc2c(c1)SN(C)c1ccccc1C2NC(C)C. The van der Waals surface area contributed by atoms with Crippen molar-refractivity contribution in [1.29, 1.82) is 0 Å². The highest BCUT2D eigenvalue weighted by atomic mass is 32.2. The van der Waals surface area contributed by atoms with Gasteiger partial charge in [0.15, 0.2) is 0 Å². The van der Waals surface area contributed by atoms with Crippen LogP contribution in [0.3, 0.4) is 0 Å². The largest absolute Gasteiger partial charge is 0.315 e. The summed E-state index contributed by atoms with van der Waals surface area (Å²) in [6.07, 6.45) is 0. The van der Waals surface area contributed by atoms with Crippen LogP contribution in [0.5, 0.6) is 0 Å². The first-order valence-corrected chi connectivity index (χ1v) is 8.21. The smallest absolute Gasteiger partial charge is 0.0611 e. The topological polar surface area (TPSA) is 15.3 Å². The molecule has 1 unspecified atom stereocenters. The summed E-state index contributed by atoms with van der Waals surface area (Å²) in [4.78, 5) is 1.34. The van der Waals surface area contributed by atoms with E-state index in [9.17, 15) is 0 Å². The second-order valence-corrected chi connectivity index (χ2v) is 7.11. The molecular formula is C18H22N2S. The molecule has 0 bridgehead atoms. The highest BCUT2D eigenvalue weighted by Crippen LogP contribution is 2.43. The van der Waals surface area contributed by atoms with E-state index >= 15 is 0 Å². The molecule has 0 fully saturated rings. The Morgan fingerprint density at radius 2 is 1.86 bits per heavy atom. The number of para-hydroxylation sites is 1. The molecule has 1 atom stereocenters. The van der Waals surface area contributed by atoms with Crippen molar-refractivity contribution in [3.63, 3.8) is 0 Å². The Morgan fingerprint density at radius 1 is 1.10 bits per heavy atom. The van der Waals surface area contributed by atoms with Gasteiger partial charge in [-0.15, -0.1) is 0 Å². The summed E-state index contributed by atoms with van der Waals surface area (Å²) in [5.41, 5.74) is 5.32. The summed E-state index contributed by atoms with van der Waals surface area (Å²) in [6, 6.07) is 16.1. The molecule has 0 saturated carbocycles. The summed E-state index contributed by atoms with van der Waals surface area (Å²) in [7, 11) is 2.15. The van der Waals surface area contributed by atoms with Gasteiger partial charge in [-0.3, -0.25) is 0 Å². The first kappa shape index (κ1) is 14.5. The second-order valence-electron chi connectivity index (χ2n) is 5.94. The monoisotopic (exact) mass is 298 g/mol. The van der Waals surface area contributed by atoms with Gasteiger partial charge in [0.25, 0.3) is 0 Å². The molecule has 21 heavy (non-hydrogen) atoms. The lowest BCUT2D eigenvalue weighted by Crippen LogP contribution is -2.29. The zero-order valence-electron chi connectivity index (χ0n) is 13.1. The van der Waals surface area contributed by atoms with E-state index in [1.807, 2.05) is 11.9 Å². The molecule has 0 aromatic heterocycles. The maximum absolute atomic E-state index is 3.73. The fourth-order valence-electron chi connectivity index (χ4n) is 2.85. The maximum Gasteiger partial charge on any atom is 0.0611 e. The average Bonchev–Trinajstić information content (AvgIpc) is 2.55. The summed E-state index contributed by atoms with van der Waals surface area (Å²) in [5, 5.41) is 3.73. The number of fused-ring (bicyclic) bond motifs is 2. The third kappa shape index (κ3) is 2.81. The second kappa shape index (κ2) is 5.74. The summed E-state index contributed by atoms with van der Waals surface area (Å²) in [5.74, 6) is 0. The van der Waals surface area contributed by atoms with Crippen molar-refractivity contribution in [2.24, 2.45) is 0 Å². The van der Waals surface area contributed by atoms with E-state index in [1.165, 1.54) is 27.3 Å². The third-order valence-electron chi connectivity index (χ3n) is 3.80. The molecule has 0 radical (unpaired) electrons. The quantitative estimate of drug-likeness (QED) is 0.820. The number of benzene rings is 2. The minimum atomic E-state index is 0.245. The predicted octanol–water partition coefficient (Wildman–Crippen LogP) is 4.54. The highest BCUT2D eigenvalue weighted by Gasteiger charge is 2.26. The van der Waals surface area contributed by atoms with Crippen LogP contribution in [0.1, 0.15) is 36.6 Å². The Hall–Kier alpha value is -1.45. The lowest BCUT2D eigenvalue weighted by atomic mass is 9.95. The van der Waals surface area contributed by atoms with Crippen molar-refractivity contribution in [3.05, 3.63) is 59.2 Å². The Labute approximate surface area is 131 Å². The van der Waals surface area contributed by atoms with Crippen molar-refractivity contribution in [1.82, 2.24) is 5.32 Å². The fourth-order valence-corrected chi connectivity index (χ4v) is 3.94. The summed E-state index contributed by atoms with van der Waals surface area (Å²) in [6.45, 7) is 6.57. The van der Waals surface area contributed by atoms with Crippen molar-refractivity contribution < 1.29 is 0 Å². The van der Waals surface area contributed by atoms with Crippen LogP contribution < -0.4 is 9.62 Å². The van der Waals surface area contributed by atoms with E-state index < -0.39 is 0 Å². The molecule has 0 spiro atoms. The minimum Gasteiger partial charge on any atom is -0.315 e. The fraction of sp³-hybridized carbons (Fsp3) is 0.333. The lowest BCUT2D eigenvalue weighted by Gasteiger charge is -2.24. The number of rotatable bonds is 2. The standard InChI is InChI=1S/C18H22N2S/c1-12(2)19-18-14-7-5-6-8-16(14)20(4)21-17-11-13(3)9-10-15(17)18/h5-12,18-19H,1-4H3. The molecular weight excluding hydrogens is 276 g/mol. The normalized spacial score (nSPS) is 17.4. The van der Waals surface area contributed by atoms with Crippen molar-refractivity contribution in [3.8, 4) is 0 Å². The van der Waals surface area contributed by atoms with Gasteiger partial charge < -0.3 is 9.62 Å². The first-order chi connectivity index (χ1) is 10.1. The van der Waals surface area contributed by atoms with Crippen LogP contribution in [0.25, 0.3) is 0 Å². The number of nitrogens with zero attached hydrogens (tertiary/aromatic N) is 1. The van der Waals surface area contributed by atoms with Gasteiger partial charge in [0.05, 0.1) is 11.7 Å². The number of hydrogen-bond donors (Lipinski definition) is 1. The molecule has 1 heterocycles. The van der Waals surface area contributed by atoms with Crippen LogP contribution in [0, 0.1) is 6.92 Å². The summed E-state index contributed by atoms with van der Waals surface area (Å²) < 4.78 is 2.27. The zero-order valence-corrected chi connectivity index (χ0v) is 13.9. The van der Waals surface area contributed by atoms with Crippen molar-refractivity contribution in [2.45, 2.75) is 37.8 Å². The maximum atomic E-state index is 3.73. The van der Waals surface area contributed by atoms with Gasteiger partial charge in [0.2, 0.25) is 0 Å². The molecule has 0 amide bonds. The average molecular weight is 298 g/mol. The Morgan fingerprint density at radius 3 is 2.62 bits per heavy atom.